The predicted octanol–water partition coefficient (Wildman–Crippen LogP) is 5.40. The molecule has 1 atom stereocenters. The monoisotopic (exact) mass is 427 g/mol. The van der Waals surface area contributed by atoms with E-state index in [2.05, 4.69) is 0 Å². The van der Waals surface area contributed by atoms with E-state index in [0.29, 0.717) is 17.0 Å². The Hall–Kier alpha value is -3.60. The molecule has 5 nitrogen and oxygen atoms in total. The van der Waals surface area contributed by atoms with Gasteiger partial charge in [0.05, 0.1) is 11.8 Å². The third kappa shape index (κ3) is 3.25. The Morgan fingerprint density at radius 2 is 1.75 bits per heavy atom. The molecule has 0 radical (unpaired) electrons. The molecule has 3 aromatic rings. The first-order valence-corrected chi connectivity index (χ1v) is 11.0. The molecule has 1 aromatic heterocycles. The molecule has 5 rings (SSSR count). The molecule has 1 aliphatic heterocycles. The van der Waals surface area contributed by atoms with Gasteiger partial charge in [-0.05, 0) is 92.1 Å². The maximum atomic E-state index is 13.2. The van der Waals surface area contributed by atoms with Crippen LogP contribution in [-0.2, 0) is 22.4 Å². The van der Waals surface area contributed by atoms with Crippen LogP contribution in [0.25, 0.3) is 5.76 Å². The van der Waals surface area contributed by atoms with Crippen LogP contribution in [0.2, 0.25) is 0 Å². The highest BCUT2D eigenvalue weighted by molar-refractivity contribution is 6.51. The molecule has 5 heteroatoms. The SMILES string of the molecule is Cc1ccc(N2C(=O)C(=O)/C(=C(\O)c3ccc4c(c3)CCCC4)C2c2ccco2)cc1C. The van der Waals surface area contributed by atoms with Crippen LogP contribution in [0.3, 0.4) is 0 Å². The lowest BCUT2D eigenvalue weighted by molar-refractivity contribution is -0.132. The lowest BCUT2D eigenvalue weighted by Crippen LogP contribution is -2.29. The molecule has 1 saturated heterocycles. The predicted molar refractivity (Wildman–Crippen MR) is 122 cm³/mol. The van der Waals surface area contributed by atoms with Crippen LogP contribution in [0.1, 0.15) is 52.5 Å². The summed E-state index contributed by atoms with van der Waals surface area (Å²) in [5.41, 5.74) is 5.79. The number of fused-ring (bicyclic) bond motifs is 1. The summed E-state index contributed by atoms with van der Waals surface area (Å²) in [6, 6.07) is 14.0. The lowest BCUT2D eigenvalue weighted by Gasteiger charge is -2.24. The largest absolute Gasteiger partial charge is 0.507 e. The number of carbonyl (C=O) groups excluding carboxylic acids is 2. The van der Waals surface area contributed by atoms with Crippen molar-refractivity contribution in [2.45, 2.75) is 45.6 Å². The molecule has 2 heterocycles. The standard InChI is InChI=1S/C27H25NO4/c1-16-9-12-21(14-17(16)2)28-24(22-8-5-13-32-22)23(26(30)27(28)31)25(29)20-11-10-18-6-3-4-7-19(18)15-20/h5,8-15,24,29H,3-4,6-7H2,1-2H3/b25-23-. The van der Waals surface area contributed by atoms with Crippen molar-refractivity contribution in [3.8, 4) is 0 Å². The zero-order valence-corrected chi connectivity index (χ0v) is 18.2. The number of benzene rings is 2. The quantitative estimate of drug-likeness (QED) is 0.345. The summed E-state index contributed by atoms with van der Waals surface area (Å²) < 4.78 is 5.64. The number of anilines is 1. The Morgan fingerprint density at radius 3 is 2.47 bits per heavy atom. The third-order valence-corrected chi connectivity index (χ3v) is 6.65. The Kier molecular flexibility index (Phi) is 4.97. The van der Waals surface area contributed by atoms with E-state index in [9.17, 15) is 14.7 Å². The Balaban J connectivity index is 1.67. The first-order valence-electron chi connectivity index (χ1n) is 11.0. The second-order valence-corrected chi connectivity index (χ2v) is 8.64. The van der Waals surface area contributed by atoms with Crippen LogP contribution in [-0.4, -0.2) is 16.8 Å². The number of aliphatic hydroxyl groups is 1. The van der Waals surface area contributed by atoms with Crippen molar-refractivity contribution in [2.75, 3.05) is 4.90 Å². The van der Waals surface area contributed by atoms with Crippen LogP contribution < -0.4 is 4.90 Å². The van der Waals surface area contributed by atoms with E-state index in [1.165, 1.54) is 22.3 Å². The van der Waals surface area contributed by atoms with Crippen LogP contribution in [0.5, 0.6) is 0 Å². The van der Waals surface area contributed by atoms with Gasteiger partial charge >= 0.3 is 0 Å². The number of hydrogen-bond acceptors (Lipinski definition) is 4. The Labute approximate surface area is 187 Å². The summed E-state index contributed by atoms with van der Waals surface area (Å²) in [5.74, 6) is -1.11. The van der Waals surface area contributed by atoms with E-state index in [0.717, 1.165) is 36.8 Å². The van der Waals surface area contributed by atoms with E-state index in [1.54, 1.807) is 12.1 Å². The van der Waals surface area contributed by atoms with Crippen molar-refractivity contribution in [2.24, 2.45) is 0 Å². The number of aryl methyl sites for hydroxylation is 4. The molecule has 32 heavy (non-hydrogen) atoms. The molecule has 2 aromatic carbocycles. The number of nitrogens with zero attached hydrogens (tertiary/aromatic N) is 1. The average Bonchev–Trinajstić information content (AvgIpc) is 3.42. The van der Waals surface area contributed by atoms with Crippen molar-refractivity contribution in [1.29, 1.82) is 0 Å². The van der Waals surface area contributed by atoms with Gasteiger partial charge in [-0.2, -0.15) is 0 Å². The highest BCUT2D eigenvalue weighted by Gasteiger charge is 2.48. The normalized spacial score (nSPS) is 19.9. The first kappa shape index (κ1) is 20.3. The minimum atomic E-state index is -0.830. The van der Waals surface area contributed by atoms with Gasteiger partial charge in [-0.25, -0.2) is 0 Å². The summed E-state index contributed by atoms with van der Waals surface area (Å²) >= 11 is 0. The third-order valence-electron chi connectivity index (χ3n) is 6.65. The van der Waals surface area contributed by atoms with Gasteiger partial charge in [-0.3, -0.25) is 14.5 Å². The van der Waals surface area contributed by atoms with Crippen molar-refractivity contribution in [3.63, 3.8) is 0 Å². The molecule has 162 valence electrons. The van der Waals surface area contributed by atoms with Gasteiger partial charge in [0, 0.05) is 11.3 Å². The molecule has 0 bridgehead atoms. The summed E-state index contributed by atoms with van der Waals surface area (Å²) in [6.07, 6.45) is 5.77. The first-order chi connectivity index (χ1) is 15.5. The second kappa shape index (κ2) is 7.83. The van der Waals surface area contributed by atoms with Crippen LogP contribution >= 0.6 is 0 Å². The highest BCUT2D eigenvalue weighted by Crippen LogP contribution is 2.43. The topological polar surface area (TPSA) is 70.8 Å². The average molecular weight is 428 g/mol. The number of furan rings is 1. The van der Waals surface area contributed by atoms with Crippen LogP contribution in [0.4, 0.5) is 5.69 Å². The van der Waals surface area contributed by atoms with Gasteiger partial charge in [-0.1, -0.05) is 18.2 Å². The molecule has 2 aliphatic rings. The number of ketones is 1. The van der Waals surface area contributed by atoms with Gasteiger partial charge in [0.2, 0.25) is 0 Å². The number of Topliss-reactive ketones (excluding diaryl/α,β-unsaturated/α-hetero) is 1. The zero-order valence-electron chi connectivity index (χ0n) is 18.2. The molecular weight excluding hydrogens is 402 g/mol. The van der Waals surface area contributed by atoms with Gasteiger partial charge in [0.1, 0.15) is 17.6 Å². The lowest BCUT2D eigenvalue weighted by atomic mass is 9.89. The smallest absolute Gasteiger partial charge is 0.300 e. The van der Waals surface area contributed by atoms with Crippen molar-refractivity contribution < 1.29 is 19.1 Å². The van der Waals surface area contributed by atoms with E-state index >= 15 is 0 Å². The number of aliphatic hydroxyl groups excluding tert-OH is 1. The minimum absolute atomic E-state index is 0.0546. The van der Waals surface area contributed by atoms with Gasteiger partial charge in [-0.15, -0.1) is 0 Å². The van der Waals surface area contributed by atoms with Crippen LogP contribution in [0.15, 0.2) is 64.8 Å². The summed E-state index contributed by atoms with van der Waals surface area (Å²) in [5, 5.41) is 11.3. The molecule has 0 spiro atoms. The van der Waals surface area contributed by atoms with E-state index in [4.69, 9.17) is 4.42 Å². The number of hydrogen-bond donors (Lipinski definition) is 1. The van der Waals surface area contributed by atoms with Gasteiger partial charge in [0.25, 0.3) is 11.7 Å². The van der Waals surface area contributed by atoms with Gasteiger partial charge in [0.15, 0.2) is 0 Å². The molecule has 1 amide bonds. The maximum absolute atomic E-state index is 13.2. The van der Waals surface area contributed by atoms with Gasteiger partial charge < -0.3 is 9.52 Å². The summed E-state index contributed by atoms with van der Waals surface area (Å²) in [6.45, 7) is 3.96. The number of rotatable bonds is 3. The fourth-order valence-corrected chi connectivity index (χ4v) is 4.73. The van der Waals surface area contributed by atoms with E-state index in [1.807, 2.05) is 50.2 Å². The number of amides is 1. The molecule has 1 fully saturated rings. The zero-order chi connectivity index (χ0) is 22.4. The Morgan fingerprint density at radius 1 is 0.969 bits per heavy atom. The number of carbonyl (C=O) groups is 2. The highest BCUT2D eigenvalue weighted by atomic mass is 16.3. The maximum Gasteiger partial charge on any atom is 0.300 e. The molecule has 0 saturated carbocycles. The molecule has 1 N–H and O–H groups in total. The minimum Gasteiger partial charge on any atom is -0.507 e. The molecule has 1 unspecified atom stereocenters. The Bertz CT molecular complexity index is 1250. The fraction of sp³-hybridized carbons (Fsp3) is 0.259. The van der Waals surface area contributed by atoms with Crippen molar-refractivity contribution >= 4 is 23.1 Å². The van der Waals surface area contributed by atoms with Crippen molar-refractivity contribution in [3.05, 3.63) is 93.9 Å². The summed E-state index contributed by atoms with van der Waals surface area (Å²) in [7, 11) is 0. The van der Waals surface area contributed by atoms with E-state index in [-0.39, 0.29) is 11.3 Å². The fourth-order valence-electron chi connectivity index (χ4n) is 4.73. The molecule has 1 aliphatic carbocycles. The summed E-state index contributed by atoms with van der Waals surface area (Å²) in [4.78, 5) is 27.8. The van der Waals surface area contributed by atoms with Crippen molar-refractivity contribution in [1.82, 2.24) is 0 Å². The molecular formula is C27H25NO4. The van der Waals surface area contributed by atoms with Crippen LogP contribution in [0, 0.1) is 13.8 Å². The second-order valence-electron chi connectivity index (χ2n) is 8.64. The van der Waals surface area contributed by atoms with E-state index < -0.39 is 17.7 Å².